The van der Waals surface area contributed by atoms with Crippen LogP contribution >= 0.6 is 0 Å². The molecule has 0 aliphatic carbocycles. The first kappa shape index (κ1) is 22.8. The molecule has 0 bridgehead atoms. The Balaban J connectivity index is 1.32. The van der Waals surface area contributed by atoms with Gasteiger partial charge in [-0.05, 0) is 30.5 Å². The van der Waals surface area contributed by atoms with Crippen molar-refractivity contribution < 1.29 is 18.6 Å². The lowest BCUT2D eigenvalue weighted by atomic mass is 10.1. The van der Waals surface area contributed by atoms with Crippen molar-refractivity contribution in [2.45, 2.75) is 19.4 Å². The van der Waals surface area contributed by atoms with Gasteiger partial charge >= 0.3 is 0 Å². The summed E-state index contributed by atoms with van der Waals surface area (Å²) in [6, 6.07) is 5.18. The third-order valence-corrected chi connectivity index (χ3v) is 5.63. The molecule has 2 heterocycles. The van der Waals surface area contributed by atoms with Crippen LogP contribution in [0.4, 0.5) is 4.39 Å². The number of halogens is 1. The first-order valence-corrected chi connectivity index (χ1v) is 10.9. The molecule has 0 radical (unpaired) electrons. The molecule has 1 atom stereocenters. The summed E-state index contributed by atoms with van der Waals surface area (Å²) in [6.45, 7) is 8.49. The first-order chi connectivity index (χ1) is 14.7. The van der Waals surface area contributed by atoms with Crippen LogP contribution in [-0.2, 0) is 16.0 Å². The van der Waals surface area contributed by atoms with E-state index in [0.29, 0.717) is 5.92 Å². The SMILES string of the molecule is CN=C(NCCCOCC1CCOC1)N1CCN(Cc2ccc(OC)c(F)c2)CC1. The predicted octanol–water partition coefficient (Wildman–Crippen LogP) is 1.97. The second-order valence-electron chi connectivity index (χ2n) is 7.86. The second-order valence-corrected chi connectivity index (χ2v) is 7.86. The van der Waals surface area contributed by atoms with E-state index in [-0.39, 0.29) is 11.6 Å². The molecule has 7 nitrogen and oxygen atoms in total. The lowest BCUT2D eigenvalue weighted by molar-refractivity contribution is 0.0886. The molecule has 1 aromatic rings. The van der Waals surface area contributed by atoms with Crippen LogP contribution in [0.3, 0.4) is 0 Å². The third kappa shape index (κ3) is 6.82. The molecule has 8 heteroatoms. The molecule has 2 saturated heterocycles. The molecule has 0 aromatic heterocycles. The number of ether oxygens (including phenoxy) is 3. The van der Waals surface area contributed by atoms with Crippen LogP contribution in [-0.4, -0.2) is 89.1 Å². The Labute approximate surface area is 179 Å². The summed E-state index contributed by atoms with van der Waals surface area (Å²) in [4.78, 5) is 9.04. The Morgan fingerprint density at radius 3 is 2.80 bits per heavy atom. The topological polar surface area (TPSA) is 58.6 Å². The van der Waals surface area contributed by atoms with E-state index in [2.05, 4.69) is 20.1 Å². The van der Waals surface area contributed by atoms with Crippen LogP contribution in [0.2, 0.25) is 0 Å². The quantitative estimate of drug-likeness (QED) is 0.373. The zero-order chi connectivity index (χ0) is 21.2. The van der Waals surface area contributed by atoms with Gasteiger partial charge in [-0.25, -0.2) is 4.39 Å². The van der Waals surface area contributed by atoms with Gasteiger partial charge in [0, 0.05) is 65.4 Å². The summed E-state index contributed by atoms with van der Waals surface area (Å²) in [6.07, 6.45) is 2.07. The zero-order valence-electron chi connectivity index (χ0n) is 18.2. The van der Waals surface area contributed by atoms with E-state index in [0.717, 1.165) is 90.1 Å². The number of nitrogens with one attached hydrogen (secondary N) is 1. The molecule has 1 unspecified atom stereocenters. The highest BCUT2D eigenvalue weighted by Crippen LogP contribution is 2.19. The number of aliphatic imine (C=N–C) groups is 1. The average molecular weight is 423 g/mol. The number of benzene rings is 1. The van der Waals surface area contributed by atoms with Crippen LogP contribution in [0.5, 0.6) is 5.75 Å². The predicted molar refractivity (Wildman–Crippen MR) is 116 cm³/mol. The molecule has 30 heavy (non-hydrogen) atoms. The minimum absolute atomic E-state index is 0.288. The Morgan fingerprint density at radius 1 is 1.30 bits per heavy atom. The van der Waals surface area contributed by atoms with Gasteiger partial charge in [0.25, 0.3) is 0 Å². The molecular formula is C22H35FN4O3. The van der Waals surface area contributed by atoms with Crippen molar-refractivity contribution in [2.24, 2.45) is 10.9 Å². The van der Waals surface area contributed by atoms with Crippen molar-refractivity contribution >= 4 is 5.96 Å². The van der Waals surface area contributed by atoms with Gasteiger partial charge in [0.05, 0.1) is 20.3 Å². The number of hydrogen-bond acceptors (Lipinski definition) is 5. The Bertz CT molecular complexity index is 674. The van der Waals surface area contributed by atoms with Crippen molar-refractivity contribution in [3.05, 3.63) is 29.6 Å². The van der Waals surface area contributed by atoms with Crippen molar-refractivity contribution in [3.8, 4) is 5.75 Å². The summed E-state index contributed by atoms with van der Waals surface area (Å²) in [5, 5.41) is 3.44. The summed E-state index contributed by atoms with van der Waals surface area (Å²) in [5.41, 5.74) is 0.966. The largest absolute Gasteiger partial charge is 0.494 e. The summed E-state index contributed by atoms with van der Waals surface area (Å²) in [7, 11) is 3.31. The second kappa shape index (κ2) is 12.1. The van der Waals surface area contributed by atoms with Gasteiger partial charge in [0.1, 0.15) is 0 Å². The molecule has 3 rings (SSSR count). The van der Waals surface area contributed by atoms with Crippen LogP contribution < -0.4 is 10.1 Å². The number of methoxy groups -OCH3 is 1. The minimum atomic E-state index is -0.307. The Hall–Kier alpha value is -1.90. The van der Waals surface area contributed by atoms with E-state index >= 15 is 0 Å². The number of guanidine groups is 1. The maximum absolute atomic E-state index is 13.9. The molecule has 2 aliphatic heterocycles. The fraction of sp³-hybridized carbons (Fsp3) is 0.682. The molecule has 2 aliphatic rings. The highest BCUT2D eigenvalue weighted by atomic mass is 19.1. The minimum Gasteiger partial charge on any atom is -0.494 e. The van der Waals surface area contributed by atoms with Crippen molar-refractivity contribution in [1.29, 1.82) is 0 Å². The first-order valence-electron chi connectivity index (χ1n) is 10.9. The molecule has 0 saturated carbocycles. The fourth-order valence-corrected chi connectivity index (χ4v) is 3.86. The highest BCUT2D eigenvalue weighted by Gasteiger charge is 2.20. The Kier molecular flexibility index (Phi) is 9.17. The van der Waals surface area contributed by atoms with E-state index < -0.39 is 0 Å². The maximum Gasteiger partial charge on any atom is 0.193 e. The molecule has 168 valence electrons. The Morgan fingerprint density at radius 2 is 2.13 bits per heavy atom. The monoisotopic (exact) mass is 422 g/mol. The third-order valence-electron chi connectivity index (χ3n) is 5.63. The van der Waals surface area contributed by atoms with Crippen LogP contribution in [0.25, 0.3) is 0 Å². The standard InChI is InChI=1S/C22H35FN4O3/c1-24-22(25-7-3-12-29-16-19-6-13-30-17-19)27-10-8-26(9-11-27)15-18-4-5-21(28-2)20(23)14-18/h4-5,14,19H,3,6-13,15-17H2,1-2H3,(H,24,25). The molecule has 0 amide bonds. The van der Waals surface area contributed by atoms with E-state index in [1.807, 2.05) is 13.1 Å². The normalized spacial score (nSPS) is 20.6. The van der Waals surface area contributed by atoms with Crippen molar-refractivity contribution in [2.75, 3.05) is 73.3 Å². The van der Waals surface area contributed by atoms with Crippen molar-refractivity contribution in [3.63, 3.8) is 0 Å². The molecule has 1 N–H and O–H groups in total. The van der Waals surface area contributed by atoms with Gasteiger partial charge in [-0.3, -0.25) is 9.89 Å². The lowest BCUT2D eigenvalue weighted by Gasteiger charge is -2.36. The summed E-state index contributed by atoms with van der Waals surface area (Å²) < 4.78 is 30.0. The number of hydrogen-bond donors (Lipinski definition) is 1. The number of nitrogens with zero attached hydrogens (tertiary/aromatic N) is 3. The van der Waals surface area contributed by atoms with E-state index in [1.54, 1.807) is 12.1 Å². The van der Waals surface area contributed by atoms with Gasteiger partial charge in [-0.2, -0.15) is 0 Å². The average Bonchev–Trinajstić information content (AvgIpc) is 3.28. The zero-order valence-corrected chi connectivity index (χ0v) is 18.2. The summed E-state index contributed by atoms with van der Waals surface area (Å²) in [5.74, 6) is 1.49. The van der Waals surface area contributed by atoms with Gasteiger partial charge in [-0.1, -0.05) is 6.07 Å². The van der Waals surface area contributed by atoms with Crippen LogP contribution in [0.15, 0.2) is 23.2 Å². The summed E-state index contributed by atoms with van der Waals surface area (Å²) >= 11 is 0. The van der Waals surface area contributed by atoms with Crippen LogP contribution in [0.1, 0.15) is 18.4 Å². The van der Waals surface area contributed by atoms with Gasteiger partial charge < -0.3 is 24.4 Å². The number of piperazine rings is 1. The molecule has 2 fully saturated rings. The lowest BCUT2D eigenvalue weighted by Crippen LogP contribution is -2.52. The number of rotatable bonds is 9. The van der Waals surface area contributed by atoms with E-state index in [4.69, 9.17) is 14.2 Å². The molecular weight excluding hydrogens is 387 g/mol. The van der Waals surface area contributed by atoms with Gasteiger partial charge in [0.2, 0.25) is 0 Å². The fourth-order valence-electron chi connectivity index (χ4n) is 3.86. The smallest absolute Gasteiger partial charge is 0.193 e. The maximum atomic E-state index is 13.9. The van der Waals surface area contributed by atoms with E-state index in [9.17, 15) is 4.39 Å². The molecule has 1 aromatic carbocycles. The van der Waals surface area contributed by atoms with E-state index in [1.165, 1.54) is 7.11 Å². The van der Waals surface area contributed by atoms with Gasteiger partial charge in [0.15, 0.2) is 17.5 Å². The molecule has 0 spiro atoms. The van der Waals surface area contributed by atoms with Crippen LogP contribution in [0, 0.1) is 11.7 Å². The van der Waals surface area contributed by atoms with Gasteiger partial charge in [-0.15, -0.1) is 0 Å². The highest BCUT2D eigenvalue weighted by molar-refractivity contribution is 5.79. The van der Waals surface area contributed by atoms with Crippen molar-refractivity contribution in [1.82, 2.24) is 15.1 Å².